The van der Waals surface area contributed by atoms with E-state index in [9.17, 15) is 48.0 Å². The summed E-state index contributed by atoms with van der Waals surface area (Å²) in [6.07, 6.45) is 7.12. The van der Waals surface area contributed by atoms with Crippen molar-refractivity contribution in [3.05, 3.63) is 108 Å². The summed E-state index contributed by atoms with van der Waals surface area (Å²) in [7, 11) is -8.93. The number of ether oxygens (including phenoxy) is 1. The monoisotopic (exact) mass is 969 g/mol. The van der Waals surface area contributed by atoms with E-state index in [2.05, 4.69) is 9.84 Å². The number of imide groups is 1. The Morgan fingerprint density at radius 3 is 1.92 bits per heavy atom. The maximum Gasteiger partial charge on any atom is 1.00 e. The first-order valence-electron chi connectivity index (χ1n) is 21.9. The molecule has 0 radical (unpaired) electrons. The predicted octanol–water partition coefficient (Wildman–Crippen LogP) is 0.414. The number of amides is 4. The van der Waals surface area contributed by atoms with Gasteiger partial charge < -0.3 is 38.9 Å². The number of esters is 1. The van der Waals surface area contributed by atoms with E-state index >= 15 is 0 Å². The number of phosphoric acid groups is 1. The number of carbonyl (C=O) groups excluding carboxylic acids is 4. The van der Waals surface area contributed by atoms with Crippen LogP contribution in [0.1, 0.15) is 95.2 Å². The molecule has 0 aromatic heterocycles. The van der Waals surface area contributed by atoms with Crippen LogP contribution >= 0.6 is 15.2 Å². The third kappa shape index (κ3) is 15.9. The zero-order valence-electron chi connectivity index (χ0n) is 38.6. The van der Waals surface area contributed by atoms with Crippen molar-refractivity contribution in [1.29, 1.82) is 0 Å². The summed E-state index contributed by atoms with van der Waals surface area (Å²) < 4.78 is 40.5. The average Bonchev–Trinajstić information content (AvgIpc) is 3.85. The molecule has 2 N–H and O–H groups in total. The van der Waals surface area contributed by atoms with E-state index < -0.39 is 69.6 Å². The zero-order valence-corrected chi connectivity index (χ0v) is 44.4. The van der Waals surface area contributed by atoms with Crippen LogP contribution < -0.4 is 74.2 Å². The molecule has 4 amide bonds. The average molecular weight is 970 g/mol. The molecule has 6 rings (SSSR count). The number of hydrogen-bond donors (Lipinski definition) is 2. The summed E-state index contributed by atoms with van der Waals surface area (Å²) in [5.41, 5.74) is 0.638. The second-order valence-electron chi connectivity index (χ2n) is 16.8. The van der Waals surface area contributed by atoms with Gasteiger partial charge in [-0.2, -0.15) is 0 Å². The van der Waals surface area contributed by atoms with Gasteiger partial charge in [0.2, 0.25) is 19.6 Å². The Kier molecular flexibility index (Phi) is 23.5. The van der Waals surface area contributed by atoms with Crippen molar-refractivity contribution >= 4 is 45.0 Å². The van der Waals surface area contributed by atoms with Gasteiger partial charge in [-0.05, 0) is 54.2 Å². The van der Waals surface area contributed by atoms with Crippen LogP contribution in [-0.2, 0) is 54.1 Å². The van der Waals surface area contributed by atoms with E-state index in [4.69, 9.17) is 9.26 Å². The molecule has 1 aliphatic carbocycles. The van der Waals surface area contributed by atoms with E-state index in [0.29, 0.717) is 41.3 Å². The Labute approximate surface area is 431 Å². The van der Waals surface area contributed by atoms with Gasteiger partial charge >= 0.3 is 77.1 Å². The first-order valence-corrected chi connectivity index (χ1v) is 25.4. The Morgan fingerprint density at radius 2 is 1.41 bits per heavy atom. The number of nitrogens with zero attached hydrogens (tertiary/aromatic N) is 2. The number of nitrogens with one attached hydrogen (secondary N) is 1. The van der Waals surface area contributed by atoms with Crippen LogP contribution in [0.2, 0.25) is 0 Å². The zero-order chi connectivity index (χ0) is 46.5. The molecule has 3 fully saturated rings. The first-order chi connectivity index (χ1) is 30.5. The normalized spacial score (nSPS) is 19.6. The fourth-order valence-corrected chi connectivity index (χ4v) is 11.1. The Morgan fingerprint density at radius 1 is 0.848 bits per heavy atom. The number of phosphoric ester groups is 1. The number of unbranched alkanes of at least 4 members (excludes halogenated alkanes) is 1. The molecule has 2 aliphatic heterocycles. The molecule has 0 bridgehead atoms. The topological polar surface area (TPSA) is 232 Å². The standard InChI is InChI=1S/C30H46NO7P.C16H15N2O6P.2Na/c1-4-28(33)37-30(22(2)3)38-39(36,18-12-11-15-23-13-7-5-8-14-23)21-27(32)31-20-25(19-26(31)29(34)35)24-16-9-6-10-17-24;19-14-16(12-7-3-1-4-8-12,13-9-5-2-6-10-13)17-15(20)18(14)11-24-25(21,22)23;;/h5,7-8,13-14,22,24-26,30H,4,6,9-12,15-21H2,1-3H3,(H,34,35);1-10H,11H2,(H,17,20)(H2,21,22,23);;/q;;2*+1/p-2/t25-,26+,30?,39-;;;/m1.../s1. The van der Waals surface area contributed by atoms with Gasteiger partial charge in [0, 0.05) is 25.0 Å². The smallest absolute Gasteiger partial charge is 0.790 e. The molecular weight excluding hydrogens is 910 g/mol. The van der Waals surface area contributed by atoms with Gasteiger partial charge in [-0.25, -0.2) is 14.5 Å². The van der Waals surface area contributed by atoms with E-state index in [0.717, 1.165) is 38.5 Å². The van der Waals surface area contributed by atoms with Crippen molar-refractivity contribution in [2.75, 3.05) is 25.6 Å². The van der Waals surface area contributed by atoms with Gasteiger partial charge in [-0.15, -0.1) is 0 Å². The quantitative estimate of drug-likeness (QED) is 0.0415. The van der Waals surface area contributed by atoms with E-state index in [1.54, 1.807) is 67.6 Å². The van der Waals surface area contributed by atoms with Crippen LogP contribution in [0.25, 0.3) is 0 Å². The molecule has 348 valence electrons. The summed E-state index contributed by atoms with van der Waals surface area (Å²) in [5, 5.41) is 12.5. The number of rotatable bonds is 19. The van der Waals surface area contributed by atoms with Crippen LogP contribution in [0.15, 0.2) is 91.0 Å². The maximum absolute atomic E-state index is 14.2. The minimum Gasteiger partial charge on any atom is -0.790 e. The molecular formula is C46H59N3Na2O13P2. The minimum atomic E-state index is -5.33. The number of likely N-dealkylation sites (tertiary alicyclic amines) is 1. The Bertz CT molecular complexity index is 2100. The number of benzene rings is 3. The SMILES string of the molecule is CCC(=O)OC(O[P@](=O)(CCCCc1ccccc1)CC(=O)N1C[C@H](C2CCCCC2)C[C@H]1C(=O)O)C(C)C.O=C1NC(c2ccccc2)(c2ccccc2)C(=O)N1COP(=O)([O-])[O-].[Na+].[Na+]. The van der Waals surface area contributed by atoms with E-state index in [1.165, 1.54) is 16.9 Å². The van der Waals surface area contributed by atoms with Crippen LogP contribution in [0.5, 0.6) is 0 Å². The molecule has 1 unspecified atom stereocenters. The number of hydrogen-bond acceptors (Lipinski definition) is 12. The molecule has 66 heavy (non-hydrogen) atoms. The minimum absolute atomic E-state index is 0. The van der Waals surface area contributed by atoms with Gasteiger partial charge in [-0.1, -0.05) is 144 Å². The van der Waals surface area contributed by atoms with Crippen molar-refractivity contribution < 1.29 is 121 Å². The molecule has 16 nitrogen and oxygen atoms in total. The number of carbonyl (C=O) groups is 5. The number of urea groups is 1. The molecule has 3 aromatic carbocycles. The molecule has 0 spiro atoms. The molecule has 3 aromatic rings. The fourth-order valence-electron chi connectivity index (χ4n) is 8.56. The maximum atomic E-state index is 14.2. The summed E-state index contributed by atoms with van der Waals surface area (Å²) in [5.74, 6) is -2.34. The molecule has 1 saturated carbocycles. The number of aryl methyl sites for hydroxylation is 1. The Hall–Kier alpha value is -2.69. The van der Waals surface area contributed by atoms with Crippen LogP contribution in [0, 0.1) is 17.8 Å². The first kappa shape index (κ1) is 57.6. The summed E-state index contributed by atoms with van der Waals surface area (Å²) >= 11 is 0. The molecule has 20 heteroatoms. The number of carboxylic acid groups (broad SMARTS) is 1. The molecule has 2 heterocycles. The van der Waals surface area contributed by atoms with Crippen LogP contribution in [-0.4, -0.2) is 82.6 Å². The van der Waals surface area contributed by atoms with Gasteiger partial charge in [0.05, 0.1) is 7.82 Å². The molecule has 3 aliphatic rings. The van der Waals surface area contributed by atoms with Crippen molar-refractivity contribution in [3.8, 4) is 0 Å². The predicted molar refractivity (Wildman–Crippen MR) is 233 cm³/mol. The van der Waals surface area contributed by atoms with Gasteiger partial charge in [0.25, 0.3) is 5.91 Å². The summed E-state index contributed by atoms with van der Waals surface area (Å²) in [6, 6.07) is 25.3. The number of aliphatic carboxylic acids is 1. The third-order valence-corrected chi connectivity index (χ3v) is 14.7. The van der Waals surface area contributed by atoms with Crippen molar-refractivity contribution in [2.24, 2.45) is 17.8 Å². The Balaban J connectivity index is 0.000000370. The van der Waals surface area contributed by atoms with Gasteiger partial charge in [0.1, 0.15) is 18.9 Å². The molecule has 2 saturated heterocycles. The van der Waals surface area contributed by atoms with Gasteiger partial charge in [-0.3, -0.25) is 23.5 Å². The largest absolute Gasteiger partial charge is 1.00 e. The second kappa shape index (κ2) is 26.9. The van der Waals surface area contributed by atoms with Crippen molar-refractivity contribution in [3.63, 3.8) is 0 Å². The van der Waals surface area contributed by atoms with Crippen molar-refractivity contribution in [2.45, 2.75) is 103 Å². The van der Waals surface area contributed by atoms with E-state index in [1.807, 2.05) is 44.2 Å². The number of carboxylic acids is 1. The summed E-state index contributed by atoms with van der Waals surface area (Å²) in [6.45, 7) is 4.70. The van der Waals surface area contributed by atoms with Crippen molar-refractivity contribution in [1.82, 2.24) is 15.1 Å². The fraction of sp³-hybridized carbons (Fsp3) is 0.500. The summed E-state index contributed by atoms with van der Waals surface area (Å²) in [4.78, 5) is 86.4. The van der Waals surface area contributed by atoms with E-state index in [-0.39, 0.29) is 89.7 Å². The third-order valence-electron chi connectivity index (χ3n) is 11.9. The van der Waals surface area contributed by atoms with Gasteiger partial charge in [0.15, 0.2) is 5.54 Å². The second-order valence-corrected chi connectivity index (χ2v) is 20.6. The van der Waals surface area contributed by atoms with Crippen LogP contribution in [0.3, 0.4) is 0 Å². The molecule has 4 atom stereocenters. The van der Waals surface area contributed by atoms with Crippen LogP contribution in [0.4, 0.5) is 4.79 Å².